The van der Waals surface area contributed by atoms with Gasteiger partial charge in [-0.3, -0.25) is 4.79 Å². The van der Waals surface area contributed by atoms with E-state index >= 15 is 0 Å². The lowest BCUT2D eigenvalue weighted by Crippen LogP contribution is -2.55. The lowest BCUT2D eigenvalue weighted by atomic mass is 10.1. The molecule has 10 nitrogen and oxygen atoms in total. The largest absolute Gasteiger partial charge is 0.444 e. The van der Waals surface area contributed by atoms with Crippen LogP contribution < -0.4 is 11.1 Å². The van der Waals surface area contributed by atoms with E-state index in [4.69, 9.17) is 15.2 Å². The van der Waals surface area contributed by atoms with E-state index in [-0.39, 0.29) is 26.1 Å². The van der Waals surface area contributed by atoms with E-state index in [1.807, 2.05) is 0 Å². The number of ether oxygens (including phenoxy) is 2. The normalized spacial score (nSPS) is 25.3. The van der Waals surface area contributed by atoms with Crippen molar-refractivity contribution in [1.29, 1.82) is 0 Å². The first kappa shape index (κ1) is 21.9. The van der Waals surface area contributed by atoms with Crippen LogP contribution in [0.4, 0.5) is 4.79 Å². The molecule has 0 unspecified atom stereocenters. The number of nitrogens with two attached hydrogens (primary N) is 1. The third kappa shape index (κ3) is 6.03. The van der Waals surface area contributed by atoms with Gasteiger partial charge in [-0.25, -0.2) is 4.79 Å². The molecule has 0 aliphatic carbocycles. The summed E-state index contributed by atoms with van der Waals surface area (Å²) in [6.07, 6.45) is 0.376. The first-order chi connectivity index (χ1) is 12.5. The number of hydrogen-bond acceptors (Lipinski definition) is 6. The Morgan fingerprint density at radius 1 is 1.19 bits per heavy atom. The number of carbonyl (C=O) groups is 2. The third-order valence-electron chi connectivity index (χ3n) is 4.43. The molecule has 0 bridgehead atoms. The lowest BCUT2D eigenvalue weighted by molar-refractivity contribution is -0.118. The number of primary amides is 1. The van der Waals surface area contributed by atoms with Gasteiger partial charge in [-0.1, -0.05) is 0 Å². The first-order valence-electron chi connectivity index (χ1n) is 9.12. The Balaban J connectivity index is 2.12. The van der Waals surface area contributed by atoms with Crippen LogP contribution in [0.1, 0.15) is 40.0 Å². The van der Waals surface area contributed by atoms with Gasteiger partial charge in [0.05, 0.1) is 13.2 Å². The molecule has 27 heavy (non-hydrogen) atoms. The molecular formula is C16H30N4O6S. The molecule has 2 heterocycles. The molecule has 0 saturated carbocycles. The van der Waals surface area contributed by atoms with Crippen molar-refractivity contribution in [2.45, 2.75) is 57.7 Å². The van der Waals surface area contributed by atoms with Gasteiger partial charge in [-0.05, 0) is 33.6 Å². The maximum absolute atomic E-state index is 13.2. The van der Waals surface area contributed by atoms with E-state index in [0.29, 0.717) is 26.1 Å². The second-order valence-electron chi connectivity index (χ2n) is 7.79. The number of amides is 2. The van der Waals surface area contributed by atoms with E-state index in [2.05, 4.69) is 5.32 Å². The van der Waals surface area contributed by atoms with E-state index < -0.39 is 39.9 Å². The Morgan fingerprint density at radius 3 is 2.33 bits per heavy atom. The van der Waals surface area contributed by atoms with Crippen molar-refractivity contribution in [2.24, 2.45) is 5.73 Å². The predicted octanol–water partition coefficient (Wildman–Crippen LogP) is -0.203. The molecule has 2 amide bonds. The number of carbonyl (C=O) groups excluding carboxylic acids is 2. The molecule has 156 valence electrons. The molecule has 0 radical (unpaired) electrons. The fourth-order valence-corrected chi connectivity index (χ4v) is 5.35. The standard InChI is InChI=1S/C16H30N4O6S/c1-16(2,3)26-15(22)18-11-13-5-4-12(10-14(17)21)20(13)27(23,24)19-6-8-25-9-7-19/h12-13H,4-11H2,1-3H3,(H2,17,21)(H,18,22)/t12-,13+/m1/s1. The fourth-order valence-electron chi connectivity index (χ4n) is 3.36. The van der Waals surface area contributed by atoms with Gasteiger partial charge in [-0.15, -0.1) is 0 Å². The van der Waals surface area contributed by atoms with Gasteiger partial charge in [0.25, 0.3) is 10.2 Å². The van der Waals surface area contributed by atoms with Crippen molar-refractivity contribution in [2.75, 3.05) is 32.8 Å². The molecule has 2 rings (SSSR count). The summed E-state index contributed by atoms with van der Waals surface area (Å²) in [6, 6.07) is -0.976. The van der Waals surface area contributed by atoms with E-state index in [0.717, 1.165) is 0 Å². The molecule has 11 heteroatoms. The van der Waals surface area contributed by atoms with Crippen molar-refractivity contribution in [1.82, 2.24) is 13.9 Å². The minimum Gasteiger partial charge on any atom is -0.444 e. The summed E-state index contributed by atoms with van der Waals surface area (Å²) in [7, 11) is -3.80. The van der Waals surface area contributed by atoms with Crippen LogP contribution >= 0.6 is 0 Å². The number of hydrogen-bond donors (Lipinski definition) is 2. The van der Waals surface area contributed by atoms with Crippen LogP contribution in [0.5, 0.6) is 0 Å². The maximum atomic E-state index is 13.2. The Labute approximate surface area is 160 Å². The Morgan fingerprint density at radius 2 is 1.78 bits per heavy atom. The van der Waals surface area contributed by atoms with Gasteiger partial charge in [0.2, 0.25) is 5.91 Å². The molecule has 2 aliphatic rings. The third-order valence-corrected chi connectivity index (χ3v) is 6.58. The van der Waals surface area contributed by atoms with Crippen molar-refractivity contribution < 1.29 is 27.5 Å². The van der Waals surface area contributed by atoms with Gasteiger partial charge in [0, 0.05) is 38.1 Å². The number of rotatable bonds is 6. The molecule has 2 aliphatic heterocycles. The Kier molecular flexibility index (Phi) is 7.06. The summed E-state index contributed by atoms with van der Waals surface area (Å²) in [5.74, 6) is -0.553. The molecule has 2 atom stereocenters. The van der Waals surface area contributed by atoms with E-state index in [1.54, 1.807) is 20.8 Å². The van der Waals surface area contributed by atoms with Gasteiger partial charge >= 0.3 is 6.09 Å². The van der Waals surface area contributed by atoms with Gasteiger partial charge in [0.15, 0.2) is 0 Å². The minimum absolute atomic E-state index is 0.0491. The molecule has 3 N–H and O–H groups in total. The predicted molar refractivity (Wildman–Crippen MR) is 98.0 cm³/mol. The molecule has 0 aromatic carbocycles. The molecule has 2 fully saturated rings. The van der Waals surface area contributed by atoms with Crippen LogP contribution in [0.15, 0.2) is 0 Å². The quantitative estimate of drug-likeness (QED) is 0.628. The van der Waals surface area contributed by atoms with Gasteiger partial charge < -0.3 is 20.5 Å². The van der Waals surface area contributed by atoms with Gasteiger partial charge in [0.1, 0.15) is 5.60 Å². The second kappa shape index (κ2) is 8.72. The molecule has 0 spiro atoms. The van der Waals surface area contributed by atoms with Crippen molar-refractivity contribution >= 4 is 22.2 Å². The monoisotopic (exact) mass is 406 g/mol. The van der Waals surface area contributed by atoms with Gasteiger partial charge in [-0.2, -0.15) is 17.0 Å². The minimum atomic E-state index is -3.80. The number of alkyl carbamates (subject to hydrolysis) is 1. The van der Waals surface area contributed by atoms with Crippen LogP contribution in [0, 0.1) is 0 Å². The zero-order chi connectivity index (χ0) is 20.2. The van der Waals surface area contributed by atoms with Crippen LogP contribution in [0.3, 0.4) is 0 Å². The van der Waals surface area contributed by atoms with E-state index in [1.165, 1.54) is 8.61 Å². The number of nitrogens with one attached hydrogen (secondary N) is 1. The van der Waals surface area contributed by atoms with Crippen molar-refractivity contribution in [3.63, 3.8) is 0 Å². The van der Waals surface area contributed by atoms with Crippen LogP contribution in [-0.4, -0.2) is 79.6 Å². The Bertz CT molecular complexity index is 642. The fraction of sp³-hybridized carbons (Fsp3) is 0.875. The zero-order valence-electron chi connectivity index (χ0n) is 16.1. The highest BCUT2D eigenvalue weighted by molar-refractivity contribution is 7.86. The van der Waals surface area contributed by atoms with Crippen molar-refractivity contribution in [3.05, 3.63) is 0 Å². The summed E-state index contributed by atoms with van der Waals surface area (Å²) < 4.78 is 39.5. The smallest absolute Gasteiger partial charge is 0.407 e. The molecule has 2 saturated heterocycles. The van der Waals surface area contributed by atoms with Crippen LogP contribution in [0.2, 0.25) is 0 Å². The van der Waals surface area contributed by atoms with Crippen LogP contribution in [0.25, 0.3) is 0 Å². The maximum Gasteiger partial charge on any atom is 0.407 e. The summed E-state index contributed by atoms with van der Waals surface area (Å²) in [4.78, 5) is 23.3. The molecular weight excluding hydrogens is 376 g/mol. The summed E-state index contributed by atoms with van der Waals surface area (Å²) in [5.41, 5.74) is 4.66. The average Bonchev–Trinajstić information content (AvgIpc) is 2.95. The summed E-state index contributed by atoms with van der Waals surface area (Å²) >= 11 is 0. The lowest BCUT2D eigenvalue weighted by Gasteiger charge is -2.35. The Hall–Kier alpha value is -1.43. The molecule has 0 aromatic heterocycles. The average molecular weight is 407 g/mol. The van der Waals surface area contributed by atoms with E-state index in [9.17, 15) is 18.0 Å². The highest BCUT2D eigenvalue weighted by atomic mass is 32.2. The first-order valence-corrected chi connectivity index (χ1v) is 10.5. The van der Waals surface area contributed by atoms with Crippen molar-refractivity contribution in [3.8, 4) is 0 Å². The zero-order valence-corrected chi connectivity index (χ0v) is 17.0. The molecule has 0 aromatic rings. The second-order valence-corrected chi connectivity index (χ2v) is 9.62. The van der Waals surface area contributed by atoms with Crippen LogP contribution in [-0.2, 0) is 24.5 Å². The number of nitrogens with zero attached hydrogens (tertiary/aromatic N) is 2. The highest BCUT2D eigenvalue weighted by Crippen LogP contribution is 2.31. The summed E-state index contributed by atoms with van der Waals surface area (Å²) in [6.45, 7) is 6.53. The highest BCUT2D eigenvalue weighted by Gasteiger charge is 2.45. The topological polar surface area (TPSA) is 131 Å². The number of morpholine rings is 1. The SMILES string of the molecule is CC(C)(C)OC(=O)NC[C@@H]1CC[C@H](CC(N)=O)N1S(=O)(=O)N1CCOCC1. The summed E-state index contributed by atoms with van der Waals surface area (Å²) in [5, 5.41) is 2.63.